The molecule has 3 unspecified atom stereocenters. The summed E-state index contributed by atoms with van der Waals surface area (Å²) < 4.78 is 5.50. The summed E-state index contributed by atoms with van der Waals surface area (Å²) in [6.07, 6.45) is 0.660. The largest absolute Gasteiger partial charge is 0.481 e. The first-order chi connectivity index (χ1) is 16.3. The van der Waals surface area contributed by atoms with Gasteiger partial charge in [-0.2, -0.15) is 11.8 Å². The van der Waals surface area contributed by atoms with Crippen LogP contribution in [0.25, 0.3) is 11.1 Å². The SMILES string of the molecule is CSC(CO)C(C)NC(=O)C(CCC(=O)O)NC(=O)OCC1c2ccccc2-c2ccccc21. The zero-order valence-corrected chi connectivity index (χ0v) is 20.0. The summed E-state index contributed by atoms with van der Waals surface area (Å²) in [6, 6.07) is 14.5. The molecule has 9 heteroatoms. The number of benzene rings is 2. The molecule has 0 aromatic heterocycles. The number of amides is 2. The average molecular weight is 487 g/mol. The van der Waals surface area contributed by atoms with Crippen molar-refractivity contribution in [3.63, 3.8) is 0 Å². The summed E-state index contributed by atoms with van der Waals surface area (Å²) >= 11 is 1.40. The Morgan fingerprint density at radius 3 is 2.15 bits per heavy atom. The Bertz CT molecular complexity index is 980. The highest BCUT2D eigenvalue weighted by atomic mass is 32.2. The number of fused-ring (bicyclic) bond motifs is 3. The smallest absolute Gasteiger partial charge is 0.407 e. The molecule has 0 spiro atoms. The molecular formula is C25H30N2O6S. The molecule has 2 aromatic carbocycles. The second-order valence-corrected chi connectivity index (χ2v) is 9.29. The number of carbonyl (C=O) groups is 3. The van der Waals surface area contributed by atoms with E-state index in [1.165, 1.54) is 11.8 Å². The minimum atomic E-state index is -1.07. The summed E-state index contributed by atoms with van der Waals surface area (Å²) in [5.74, 6) is -1.72. The number of nitrogens with one attached hydrogen (secondary N) is 2. The van der Waals surface area contributed by atoms with E-state index in [1.54, 1.807) is 6.92 Å². The normalized spacial score (nSPS) is 14.9. The van der Waals surface area contributed by atoms with E-state index in [2.05, 4.69) is 10.6 Å². The molecule has 0 saturated heterocycles. The summed E-state index contributed by atoms with van der Waals surface area (Å²) in [6.45, 7) is 1.71. The maximum Gasteiger partial charge on any atom is 0.407 e. The molecular weight excluding hydrogens is 456 g/mol. The zero-order valence-electron chi connectivity index (χ0n) is 19.2. The molecule has 0 saturated carbocycles. The minimum absolute atomic E-state index is 0.0822. The van der Waals surface area contributed by atoms with Crippen molar-refractivity contribution >= 4 is 29.7 Å². The lowest BCUT2D eigenvalue weighted by atomic mass is 9.98. The molecule has 3 rings (SSSR count). The van der Waals surface area contributed by atoms with Crippen molar-refractivity contribution in [2.45, 2.75) is 43.0 Å². The van der Waals surface area contributed by atoms with E-state index < -0.39 is 24.0 Å². The lowest BCUT2D eigenvalue weighted by Gasteiger charge is -2.25. The molecule has 3 atom stereocenters. The standard InChI is InChI=1S/C25H30N2O6S/c1-15(22(13-28)34-2)26-24(31)21(11-12-23(29)30)27-25(32)33-14-20-18-9-5-3-7-16(18)17-8-4-6-10-19(17)20/h3-10,15,20-22,28H,11-14H2,1-2H3,(H,26,31)(H,27,32)(H,29,30). The highest BCUT2D eigenvalue weighted by Gasteiger charge is 2.30. The van der Waals surface area contributed by atoms with Crippen LogP contribution in [-0.4, -0.2) is 65.0 Å². The molecule has 1 aliphatic rings. The Labute approximate surface area is 203 Å². The van der Waals surface area contributed by atoms with Crippen LogP contribution in [0.2, 0.25) is 0 Å². The maximum absolute atomic E-state index is 12.8. The van der Waals surface area contributed by atoms with E-state index in [1.807, 2.05) is 54.8 Å². The fraction of sp³-hybridized carbons (Fsp3) is 0.400. The third kappa shape index (κ3) is 6.09. The van der Waals surface area contributed by atoms with Crippen LogP contribution >= 0.6 is 11.8 Å². The third-order valence-electron chi connectivity index (χ3n) is 6.01. The van der Waals surface area contributed by atoms with E-state index in [0.717, 1.165) is 22.3 Å². The van der Waals surface area contributed by atoms with Crippen LogP contribution in [0.3, 0.4) is 0 Å². The van der Waals surface area contributed by atoms with Crippen LogP contribution in [0, 0.1) is 0 Å². The van der Waals surface area contributed by atoms with Crippen LogP contribution in [0.15, 0.2) is 48.5 Å². The summed E-state index contributed by atoms with van der Waals surface area (Å²) in [5.41, 5.74) is 4.34. The predicted octanol–water partition coefficient (Wildman–Crippen LogP) is 2.99. The van der Waals surface area contributed by atoms with Gasteiger partial charge >= 0.3 is 12.1 Å². The van der Waals surface area contributed by atoms with Gasteiger partial charge in [0.15, 0.2) is 0 Å². The van der Waals surface area contributed by atoms with Crippen molar-refractivity contribution in [1.82, 2.24) is 10.6 Å². The summed E-state index contributed by atoms with van der Waals surface area (Å²) in [5, 5.41) is 23.5. The molecule has 0 fully saturated rings. The molecule has 182 valence electrons. The number of aliphatic hydroxyl groups is 1. The highest BCUT2D eigenvalue weighted by Crippen LogP contribution is 2.44. The van der Waals surface area contributed by atoms with E-state index >= 15 is 0 Å². The van der Waals surface area contributed by atoms with Crippen LogP contribution in [0.4, 0.5) is 4.79 Å². The number of carbonyl (C=O) groups excluding carboxylic acids is 2. The van der Waals surface area contributed by atoms with Gasteiger partial charge in [0.2, 0.25) is 5.91 Å². The minimum Gasteiger partial charge on any atom is -0.481 e. The van der Waals surface area contributed by atoms with E-state index in [-0.39, 0.29) is 43.3 Å². The Balaban J connectivity index is 1.65. The van der Waals surface area contributed by atoms with Gasteiger partial charge in [-0.15, -0.1) is 0 Å². The number of carboxylic acids is 1. The van der Waals surface area contributed by atoms with Crippen molar-refractivity contribution in [3.05, 3.63) is 59.7 Å². The van der Waals surface area contributed by atoms with Gasteiger partial charge in [-0.25, -0.2) is 4.79 Å². The molecule has 0 bridgehead atoms. The van der Waals surface area contributed by atoms with E-state index in [4.69, 9.17) is 9.84 Å². The van der Waals surface area contributed by atoms with Crippen molar-refractivity contribution in [2.24, 2.45) is 0 Å². The second kappa shape index (κ2) is 11.9. The summed E-state index contributed by atoms with van der Waals surface area (Å²) in [7, 11) is 0. The van der Waals surface area contributed by atoms with Crippen LogP contribution in [0.5, 0.6) is 0 Å². The maximum atomic E-state index is 12.8. The van der Waals surface area contributed by atoms with E-state index in [0.29, 0.717) is 0 Å². The Morgan fingerprint density at radius 2 is 1.62 bits per heavy atom. The first-order valence-electron chi connectivity index (χ1n) is 11.1. The quantitative estimate of drug-likeness (QED) is 0.385. The topological polar surface area (TPSA) is 125 Å². The Morgan fingerprint density at radius 1 is 1.03 bits per heavy atom. The molecule has 1 aliphatic carbocycles. The number of carboxylic acid groups (broad SMARTS) is 1. The number of ether oxygens (including phenoxy) is 1. The monoisotopic (exact) mass is 486 g/mol. The summed E-state index contributed by atoms with van der Waals surface area (Å²) in [4.78, 5) is 36.4. The van der Waals surface area contributed by atoms with Gasteiger partial charge in [0, 0.05) is 23.6 Å². The third-order valence-corrected chi connectivity index (χ3v) is 7.17. The average Bonchev–Trinajstić information content (AvgIpc) is 3.14. The molecule has 4 N–H and O–H groups in total. The highest BCUT2D eigenvalue weighted by molar-refractivity contribution is 7.99. The van der Waals surface area contributed by atoms with Gasteiger partial charge in [0.1, 0.15) is 12.6 Å². The number of rotatable bonds is 11. The molecule has 2 aromatic rings. The lowest BCUT2D eigenvalue weighted by Crippen LogP contribution is -2.51. The molecule has 2 amide bonds. The van der Waals surface area contributed by atoms with Gasteiger partial charge in [0.05, 0.1) is 6.61 Å². The number of thioether (sulfide) groups is 1. The molecule has 0 heterocycles. The van der Waals surface area contributed by atoms with Crippen LogP contribution < -0.4 is 10.6 Å². The van der Waals surface area contributed by atoms with Gasteiger partial charge < -0.3 is 25.6 Å². The zero-order chi connectivity index (χ0) is 24.7. The van der Waals surface area contributed by atoms with Crippen molar-refractivity contribution in [2.75, 3.05) is 19.5 Å². The van der Waals surface area contributed by atoms with Crippen LogP contribution in [0.1, 0.15) is 36.8 Å². The first-order valence-corrected chi connectivity index (χ1v) is 12.4. The molecule has 0 radical (unpaired) electrons. The van der Waals surface area contributed by atoms with Gasteiger partial charge in [-0.05, 0) is 41.9 Å². The number of aliphatic carboxylic acids is 1. The van der Waals surface area contributed by atoms with Gasteiger partial charge in [-0.1, -0.05) is 48.5 Å². The molecule has 8 nitrogen and oxygen atoms in total. The van der Waals surface area contributed by atoms with Gasteiger partial charge in [0.25, 0.3) is 0 Å². The Hall–Kier alpha value is -3.04. The number of aliphatic hydroxyl groups excluding tert-OH is 1. The Kier molecular flexibility index (Phi) is 8.95. The number of hydrogen-bond acceptors (Lipinski definition) is 6. The fourth-order valence-electron chi connectivity index (χ4n) is 4.17. The number of alkyl carbamates (subject to hydrolysis) is 1. The predicted molar refractivity (Wildman–Crippen MR) is 131 cm³/mol. The van der Waals surface area contributed by atoms with Crippen molar-refractivity contribution < 1.29 is 29.3 Å². The van der Waals surface area contributed by atoms with E-state index in [9.17, 15) is 19.5 Å². The first kappa shape index (κ1) is 25.6. The van der Waals surface area contributed by atoms with Crippen LogP contribution in [-0.2, 0) is 14.3 Å². The fourth-order valence-corrected chi connectivity index (χ4v) is 4.80. The lowest BCUT2D eigenvalue weighted by molar-refractivity contribution is -0.137. The van der Waals surface area contributed by atoms with Crippen molar-refractivity contribution in [3.8, 4) is 11.1 Å². The van der Waals surface area contributed by atoms with Crippen molar-refractivity contribution in [1.29, 1.82) is 0 Å². The second-order valence-electron chi connectivity index (χ2n) is 8.21. The molecule has 0 aliphatic heterocycles. The molecule has 34 heavy (non-hydrogen) atoms. The number of hydrogen-bond donors (Lipinski definition) is 4. The van der Waals surface area contributed by atoms with Gasteiger partial charge in [-0.3, -0.25) is 9.59 Å².